The molecule has 0 saturated carbocycles. The van der Waals surface area contributed by atoms with Crippen LogP contribution in [0.5, 0.6) is 5.88 Å². The first-order valence-corrected chi connectivity index (χ1v) is 6.57. The average molecular weight is 250 g/mol. The van der Waals surface area contributed by atoms with E-state index in [2.05, 4.69) is 16.4 Å². The van der Waals surface area contributed by atoms with Crippen molar-refractivity contribution in [3.05, 3.63) is 23.9 Å². The van der Waals surface area contributed by atoms with Gasteiger partial charge in [0.05, 0.1) is 7.11 Å². The Hall–Kier alpha value is -1.13. The molecule has 4 heteroatoms. The van der Waals surface area contributed by atoms with Crippen molar-refractivity contribution in [2.45, 2.75) is 25.3 Å². The Kier molecular flexibility index (Phi) is 4.96. The number of hydrogen-bond donors (Lipinski definition) is 1. The maximum Gasteiger partial charge on any atom is 0.212 e. The number of rotatable bonds is 5. The van der Waals surface area contributed by atoms with Crippen molar-refractivity contribution >= 4 is 0 Å². The molecule has 1 N–H and O–H groups in total. The van der Waals surface area contributed by atoms with Crippen LogP contribution in [0.25, 0.3) is 0 Å². The van der Waals surface area contributed by atoms with Crippen molar-refractivity contribution in [3.63, 3.8) is 0 Å². The zero-order valence-corrected chi connectivity index (χ0v) is 11.2. The zero-order chi connectivity index (χ0) is 12.8. The van der Waals surface area contributed by atoms with Crippen LogP contribution in [-0.4, -0.2) is 38.4 Å². The molecule has 1 atom stereocenters. The lowest BCUT2D eigenvalue weighted by atomic mass is 9.88. The van der Waals surface area contributed by atoms with Gasteiger partial charge >= 0.3 is 0 Å². The molecule has 1 aliphatic rings. The molecule has 18 heavy (non-hydrogen) atoms. The van der Waals surface area contributed by atoms with Gasteiger partial charge in [-0.2, -0.15) is 0 Å². The van der Waals surface area contributed by atoms with Crippen LogP contribution >= 0.6 is 0 Å². The standard InChI is InChI=1S/C14H22N2O2/c1-15-13(12-5-7-18-8-6-12)9-11-3-4-14(17-2)16-10-11/h3-4,10,12-13,15H,5-9H2,1-2H3. The Morgan fingerprint density at radius 2 is 2.22 bits per heavy atom. The molecule has 1 unspecified atom stereocenters. The number of methoxy groups -OCH3 is 1. The number of likely N-dealkylation sites (N-methyl/N-ethyl adjacent to an activating group) is 1. The molecule has 1 aromatic heterocycles. The predicted molar refractivity (Wildman–Crippen MR) is 70.9 cm³/mol. The summed E-state index contributed by atoms with van der Waals surface area (Å²) < 4.78 is 10.5. The number of ether oxygens (including phenoxy) is 2. The summed E-state index contributed by atoms with van der Waals surface area (Å²) >= 11 is 0. The van der Waals surface area contributed by atoms with E-state index in [9.17, 15) is 0 Å². The van der Waals surface area contributed by atoms with Crippen LogP contribution in [0.1, 0.15) is 18.4 Å². The van der Waals surface area contributed by atoms with Crippen LogP contribution in [0.2, 0.25) is 0 Å². The normalized spacial score (nSPS) is 18.6. The van der Waals surface area contributed by atoms with Gasteiger partial charge in [-0.15, -0.1) is 0 Å². The molecule has 0 radical (unpaired) electrons. The number of nitrogens with one attached hydrogen (secondary N) is 1. The monoisotopic (exact) mass is 250 g/mol. The van der Waals surface area contributed by atoms with Gasteiger partial charge in [0, 0.05) is 31.5 Å². The Morgan fingerprint density at radius 1 is 1.44 bits per heavy atom. The van der Waals surface area contributed by atoms with E-state index in [0.717, 1.165) is 32.5 Å². The van der Waals surface area contributed by atoms with Crippen molar-refractivity contribution < 1.29 is 9.47 Å². The number of aromatic nitrogens is 1. The van der Waals surface area contributed by atoms with Gasteiger partial charge in [-0.05, 0) is 37.8 Å². The second kappa shape index (κ2) is 6.71. The fourth-order valence-corrected chi connectivity index (χ4v) is 2.53. The highest BCUT2D eigenvalue weighted by Gasteiger charge is 2.22. The summed E-state index contributed by atoms with van der Waals surface area (Å²) in [6.45, 7) is 1.79. The smallest absolute Gasteiger partial charge is 0.212 e. The van der Waals surface area contributed by atoms with Crippen molar-refractivity contribution in [1.82, 2.24) is 10.3 Å². The number of hydrogen-bond acceptors (Lipinski definition) is 4. The van der Waals surface area contributed by atoms with E-state index < -0.39 is 0 Å². The summed E-state index contributed by atoms with van der Waals surface area (Å²) in [6.07, 6.45) is 5.21. The number of pyridine rings is 1. The van der Waals surface area contributed by atoms with E-state index in [0.29, 0.717) is 17.8 Å². The largest absolute Gasteiger partial charge is 0.481 e. The molecule has 0 aliphatic carbocycles. The van der Waals surface area contributed by atoms with Crippen molar-refractivity contribution in [1.29, 1.82) is 0 Å². The molecule has 0 aromatic carbocycles. The fraction of sp³-hybridized carbons (Fsp3) is 0.643. The summed E-state index contributed by atoms with van der Waals surface area (Å²) in [7, 11) is 3.68. The van der Waals surface area contributed by atoms with Gasteiger partial charge in [-0.25, -0.2) is 4.98 Å². The predicted octanol–water partition coefficient (Wildman–Crippen LogP) is 1.65. The first-order chi connectivity index (χ1) is 8.83. The highest BCUT2D eigenvalue weighted by atomic mass is 16.5. The van der Waals surface area contributed by atoms with Gasteiger partial charge in [-0.3, -0.25) is 0 Å². The van der Waals surface area contributed by atoms with Crippen molar-refractivity contribution in [3.8, 4) is 5.88 Å². The van der Waals surface area contributed by atoms with Gasteiger partial charge in [0.25, 0.3) is 0 Å². The number of nitrogens with zero attached hydrogens (tertiary/aromatic N) is 1. The third kappa shape index (κ3) is 3.43. The second-order valence-corrected chi connectivity index (χ2v) is 4.76. The summed E-state index contributed by atoms with van der Waals surface area (Å²) in [4.78, 5) is 4.25. The SMILES string of the molecule is CNC(Cc1ccc(OC)nc1)C1CCOCC1. The zero-order valence-electron chi connectivity index (χ0n) is 11.2. The van der Waals surface area contributed by atoms with Gasteiger partial charge in [0.2, 0.25) is 5.88 Å². The Morgan fingerprint density at radius 3 is 2.78 bits per heavy atom. The van der Waals surface area contributed by atoms with Crippen LogP contribution < -0.4 is 10.1 Å². The van der Waals surface area contributed by atoms with E-state index in [-0.39, 0.29) is 0 Å². The lowest BCUT2D eigenvalue weighted by molar-refractivity contribution is 0.0547. The Bertz CT molecular complexity index is 347. The van der Waals surface area contributed by atoms with Crippen molar-refractivity contribution in [2.24, 2.45) is 5.92 Å². The molecule has 2 heterocycles. The lowest BCUT2D eigenvalue weighted by Crippen LogP contribution is -2.38. The van der Waals surface area contributed by atoms with E-state index in [1.165, 1.54) is 5.56 Å². The first-order valence-electron chi connectivity index (χ1n) is 6.57. The van der Waals surface area contributed by atoms with Gasteiger partial charge in [0.1, 0.15) is 0 Å². The molecule has 0 bridgehead atoms. The van der Waals surface area contributed by atoms with Gasteiger partial charge < -0.3 is 14.8 Å². The minimum Gasteiger partial charge on any atom is -0.481 e. The third-order valence-electron chi connectivity index (χ3n) is 3.67. The van der Waals surface area contributed by atoms with Crippen molar-refractivity contribution in [2.75, 3.05) is 27.4 Å². The minimum absolute atomic E-state index is 0.504. The summed E-state index contributed by atoms with van der Waals surface area (Å²) in [5.41, 5.74) is 1.25. The first kappa shape index (κ1) is 13.3. The quantitative estimate of drug-likeness (QED) is 0.863. The molecular formula is C14H22N2O2. The lowest BCUT2D eigenvalue weighted by Gasteiger charge is -2.30. The fourth-order valence-electron chi connectivity index (χ4n) is 2.53. The summed E-state index contributed by atoms with van der Waals surface area (Å²) in [5.74, 6) is 1.37. The van der Waals surface area contributed by atoms with E-state index in [1.807, 2.05) is 19.3 Å². The minimum atomic E-state index is 0.504. The molecule has 1 fully saturated rings. The van der Waals surface area contributed by atoms with E-state index in [4.69, 9.17) is 9.47 Å². The van der Waals surface area contributed by atoms with Crippen LogP contribution in [-0.2, 0) is 11.2 Å². The highest BCUT2D eigenvalue weighted by molar-refractivity contribution is 5.18. The molecular weight excluding hydrogens is 228 g/mol. The van der Waals surface area contributed by atoms with Crippen LogP contribution in [0.15, 0.2) is 18.3 Å². The van der Waals surface area contributed by atoms with Crippen LogP contribution in [0.3, 0.4) is 0 Å². The molecule has 1 saturated heterocycles. The maximum absolute atomic E-state index is 5.42. The van der Waals surface area contributed by atoms with Crippen LogP contribution in [0, 0.1) is 5.92 Å². The van der Waals surface area contributed by atoms with Gasteiger partial charge in [0.15, 0.2) is 0 Å². The Balaban J connectivity index is 1.95. The molecule has 100 valence electrons. The molecule has 1 aromatic rings. The molecule has 2 rings (SSSR count). The van der Waals surface area contributed by atoms with E-state index >= 15 is 0 Å². The maximum atomic E-state index is 5.42. The van der Waals surface area contributed by atoms with Crippen LogP contribution in [0.4, 0.5) is 0 Å². The summed E-state index contributed by atoms with van der Waals surface area (Å²) in [6, 6.07) is 4.52. The average Bonchev–Trinajstić information content (AvgIpc) is 2.46. The Labute approximate surface area is 109 Å². The third-order valence-corrected chi connectivity index (χ3v) is 3.67. The topological polar surface area (TPSA) is 43.4 Å². The second-order valence-electron chi connectivity index (χ2n) is 4.76. The summed E-state index contributed by atoms with van der Waals surface area (Å²) in [5, 5.41) is 3.43. The van der Waals surface area contributed by atoms with Gasteiger partial charge in [-0.1, -0.05) is 6.07 Å². The molecule has 1 aliphatic heterocycles. The molecule has 0 amide bonds. The molecule has 4 nitrogen and oxygen atoms in total. The highest BCUT2D eigenvalue weighted by Crippen LogP contribution is 2.21. The van der Waals surface area contributed by atoms with E-state index in [1.54, 1.807) is 7.11 Å². The molecule has 0 spiro atoms.